The fourth-order valence-electron chi connectivity index (χ4n) is 1.55. The molecule has 1 aromatic rings. The second kappa shape index (κ2) is 6.20. The Balaban J connectivity index is 2.66. The van der Waals surface area contributed by atoms with Gasteiger partial charge in [-0.3, -0.25) is 4.79 Å². The third-order valence-corrected chi connectivity index (χ3v) is 2.61. The fraction of sp³-hybridized carbons (Fsp3) is 0.417. The summed E-state index contributed by atoms with van der Waals surface area (Å²) in [6, 6.07) is 3.91. The van der Waals surface area contributed by atoms with Crippen LogP contribution in [0.15, 0.2) is 18.2 Å². The summed E-state index contributed by atoms with van der Waals surface area (Å²) in [7, 11) is 3.04. The van der Waals surface area contributed by atoms with E-state index in [9.17, 15) is 9.18 Å². The van der Waals surface area contributed by atoms with E-state index >= 15 is 0 Å². The average Bonchev–Trinajstić information content (AvgIpc) is 2.31. The molecule has 0 aliphatic rings. The monoisotopic (exact) mass is 241 g/mol. The molecule has 2 N–H and O–H groups in total. The van der Waals surface area contributed by atoms with Crippen LogP contribution in [0.5, 0.6) is 5.75 Å². The van der Waals surface area contributed by atoms with Crippen LogP contribution in [0.25, 0.3) is 0 Å². The van der Waals surface area contributed by atoms with Gasteiger partial charge in [-0.05, 0) is 31.5 Å². The van der Waals surface area contributed by atoms with Crippen molar-refractivity contribution in [1.82, 2.24) is 5.32 Å². The van der Waals surface area contributed by atoms with Crippen LogP contribution in [0.3, 0.4) is 0 Å². The molecule has 0 heterocycles. The summed E-state index contributed by atoms with van der Waals surface area (Å²) >= 11 is 0. The lowest BCUT2D eigenvalue weighted by molar-refractivity contribution is -0.139. The number of carbonyl (C=O) groups is 1. The standard InChI is InChI=1S/C12H16FNO3/c1-14-11(12(15)16)6-4-8-3-5-9(17-2)7-10(8)13/h3,5,7,11,14H,4,6H2,1-2H3,(H,15,16). The number of methoxy groups -OCH3 is 1. The smallest absolute Gasteiger partial charge is 0.320 e. The van der Waals surface area contributed by atoms with E-state index in [1.165, 1.54) is 13.2 Å². The molecule has 1 aromatic carbocycles. The highest BCUT2D eigenvalue weighted by Crippen LogP contribution is 2.17. The van der Waals surface area contributed by atoms with Gasteiger partial charge in [-0.2, -0.15) is 0 Å². The molecule has 0 saturated heterocycles. The number of aryl methyl sites for hydroxylation is 1. The number of likely N-dealkylation sites (N-methyl/N-ethyl adjacent to an activating group) is 1. The van der Waals surface area contributed by atoms with Crippen molar-refractivity contribution in [1.29, 1.82) is 0 Å². The quantitative estimate of drug-likeness (QED) is 0.791. The Morgan fingerprint density at radius 1 is 1.59 bits per heavy atom. The predicted molar refractivity (Wildman–Crippen MR) is 61.8 cm³/mol. The number of nitrogens with one attached hydrogen (secondary N) is 1. The van der Waals surface area contributed by atoms with Crippen molar-refractivity contribution in [2.45, 2.75) is 18.9 Å². The van der Waals surface area contributed by atoms with Gasteiger partial charge in [0.1, 0.15) is 17.6 Å². The van der Waals surface area contributed by atoms with Crippen LogP contribution in [0, 0.1) is 5.82 Å². The lowest BCUT2D eigenvalue weighted by Crippen LogP contribution is -2.34. The second-order valence-electron chi connectivity index (χ2n) is 3.68. The first-order chi connectivity index (χ1) is 8.08. The molecule has 0 radical (unpaired) electrons. The van der Waals surface area contributed by atoms with Crippen molar-refractivity contribution in [2.24, 2.45) is 0 Å². The zero-order chi connectivity index (χ0) is 12.8. The molecule has 1 atom stereocenters. The number of benzene rings is 1. The first-order valence-corrected chi connectivity index (χ1v) is 5.31. The van der Waals surface area contributed by atoms with Gasteiger partial charge in [0.05, 0.1) is 7.11 Å². The second-order valence-corrected chi connectivity index (χ2v) is 3.68. The largest absolute Gasteiger partial charge is 0.497 e. The topological polar surface area (TPSA) is 58.6 Å². The number of hydrogen-bond acceptors (Lipinski definition) is 3. The number of ether oxygens (including phenoxy) is 1. The molecule has 4 nitrogen and oxygen atoms in total. The van der Waals surface area contributed by atoms with Crippen molar-refractivity contribution in [3.8, 4) is 5.75 Å². The van der Waals surface area contributed by atoms with Gasteiger partial charge in [-0.1, -0.05) is 6.07 Å². The summed E-state index contributed by atoms with van der Waals surface area (Å²) < 4.78 is 18.4. The SMILES string of the molecule is CNC(CCc1ccc(OC)cc1F)C(=O)O. The van der Waals surface area contributed by atoms with Crippen LogP contribution in [0.4, 0.5) is 4.39 Å². The van der Waals surface area contributed by atoms with Gasteiger partial charge in [-0.25, -0.2) is 4.39 Å². The van der Waals surface area contributed by atoms with E-state index < -0.39 is 12.0 Å². The predicted octanol–water partition coefficient (Wildman–Crippen LogP) is 1.44. The molecule has 0 amide bonds. The minimum atomic E-state index is -0.929. The van der Waals surface area contributed by atoms with Crippen molar-refractivity contribution >= 4 is 5.97 Å². The van der Waals surface area contributed by atoms with Crippen LogP contribution in [0.1, 0.15) is 12.0 Å². The highest BCUT2D eigenvalue weighted by molar-refractivity contribution is 5.73. The first kappa shape index (κ1) is 13.4. The number of hydrogen-bond donors (Lipinski definition) is 2. The highest BCUT2D eigenvalue weighted by atomic mass is 19.1. The van der Waals surface area contributed by atoms with Crippen molar-refractivity contribution in [3.63, 3.8) is 0 Å². The van der Waals surface area contributed by atoms with Gasteiger partial charge in [0.25, 0.3) is 0 Å². The van der Waals surface area contributed by atoms with E-state index in [0.717, 1.165) is 0 Å². The van der Waals surface area contributed by atoms with Crippen LogP contribution >= 0.6 is 0 Å². The summed E-state index contributed by atoms with van der Waals surface area (Å²) in [6.45, 7) is 0. The number of carboxylic acids is 1. The Morgan fingerprint density at radius 2 is 2.29 bits per heavy atom. The fourth-order valence-corrected chi connectivity index (χ4v) is 1.55. The molecule has 0 saturated carbocycles. The maximum Gasteiger partial charge on any atom is 0.320 e. The van der Waals surface area contributed by atoms with Gasteiger partial charge < -0.3 is 15.2 Å². The van der Waals surface area contributed by atoms with Gasteiger partial charge in [0, 0.05) is 6.07 Å². The minimum absolute atomic E-state index is 0.342. The molecular formula is C12H16FNO3. The normalized spacial score (nSPS) is 12.2. The third-order valence-electron chi connectivity index (χ3n) is 2.61. The summed E-state index contributed by atoms with van der Waals surface area (Å²) in [5.41, 5.74) is 0.493. The Kier molecular flexibility index (Phi) is 4.90. The molecule has 5 heteroatoms. The van der Waals surface area contributed by atoms with E-state index in [4.69, 9.17) is 9.84 Å². The lowest BCUT2D eigenvalue weighted by atomic mass is 10.0. The Hall–Kier alpha value is -1.62. The molecule has 1 rings (SSSR count). The van der Waals surface area contributed by atoms with Gasteiger partial charge >= 0.3 is 5.97 Å². The molecule has 0 aliphatic carbocycles. The van der Waals surface area contributed by atoms with Crippen molar-refractivity contribution in [3.05, 3.63) is 29.6 Å². The highest BCUT2D eigenvalue weighted by Gasteiger charge is 2.15. The lowest BCUT2D eigenvalue weighted by Gasteiger charge is -2.11. The van der Waals surface area contributed by atoms with E-state index in [1.807, 2.05) is 0 Å². The zero-order valence-corrected chi connectivity index (χ0v) is 9.87. The van der Waals surface area contributed by atoms with E-state index in [0.29, 0.717) is 24.2 Å². The Labute approximate surface area is 99.4 Å². The summed E-state index contributed by atoms with van der Waals surface area (Å²) in [4.78, 5) is 10.8. The maximum absolute atomic E-state index is 13.5. The molecule has 0 spiro atoms. The summed E-state index contributed by atoms with van der Waals surface area (Å²) in [5, 5.41) is 11.5. The zero-order valence-electron chi connectivity index (χ0n) is 9.87. The van der Waals surface area contributed by atoms with Crippen molar-refractivity contribution in [2.75, 3.05) is 14.2 Å². The number of rotatable bonds is 6. The molecule has 0 bridgehead atoms. The first-order valence-electron chi connectivity index (χ1n) is 5.31. The molecule has 94 valence electrons. The van der Waals surface area contributed by atoms with Crippen LogP contribution in [-0.2, 0) is 11.2 Å². The Morgan fingerprint density at radius 3 is 2.76 bits per heavy atom. The minimum Gasteiger partial charge on any atom is -0.497 e. The molecule has 0 fully saturated rings. The van der Waals surface area contributed by atoms with Crippen LogP contribution in [0.2, 0.25) is 0 Å². The molecule has 1 unspecified atom stereocenters. The third kappa shape index (κ3) is 3.71. The summed E-state index contributed by atoms with van der Waals surface area (Å²) in [6.07, 6.45) is 0.711. The molecule has 17 heavy (non-hydrogen) atoms. The van der Waals surface area contributed by atoms with Crippen LogP contribution < -0.4 is 10.1 Å². The molecular weight excluding hydrogens is 225 g/mol. The average molecular weight is 241 g/mol. The molecule has 0 aromatic heterocycles. The van der Waals surface area contributed by atoms with Gasteiger partial charge in [0.15, 0.2) is 0 Å². The Bertz CT molecular complexity index is 395. The van der Waals surface area contributed by atoms with E-state index in [-0.39, 0.29) is 5.82 Å². The number of aliphatic carboxylic acids is 1. The maximum atomic E-state index is 13.5. The number of carboxylic acid groups (broad SMARTS) is 1. The van der Waals surface area contributed by atoms with Gasteiger partial charge in [-0.15, -0.1) is 0 Å². The van der Waals surface area contributed by atoms with Crippen LogP contribution in [-0.4, -0.2) is 31.3 Å². The van der Waals surface area contributed by atoms with E-state index in [1.54, 1.807) is 19.2 Å². The van der Waals surface area contributed by atoms with E-state index in [2.05, 4.69) is 5.32 Å². The van der Waals surface area contributed by atoms with Gasteiger partial charge in [0.2, 0.25) is 0 Å². The van der Waals surface area contributed by atoms with Crippen molar-refractivity contribution < 1.29 is 19.0 Å². The number of halogens is 1. The summed E-state index contributed by atoms with van der Waals surface area (Å²) in [5.74, 6) is -0.847. The molecule has 0 aliphatic heterocycles.